The minimum Gasteiger partial charge on any atom is -0.467 e. The molecule has 0 aromatic heterocycles. The summed E-state index contributed by atoms with van der Waals surface area (Å²) in [5.41, 5.74) is 2.49. The average Bonchev–Trinajstić information content (AvgIpc) is 2.82. The minimum absolute atomic E-state index is 0.210. The van der Waals surface area contributed by atoms with E-state index in [1.807, 2.05) is 60.7 Å². The van der Waals surface area contributed by atoms with Gasteiger partial charge in [-0.2, -0.15) is 0 Å². The molecule has 2 atom stereocenters. The van der Waals surface area contributed by atoms with Gasteiger partial charge in [0.05, 0.1) is 17.9 Å². The van der Waals surface area contributed by atoms with E-state index in [2.05, 4.69) is 5.32 Å². The molecular formula is C24H23NO4S. The van der Waals surface area contributed by atoms with Crippen molar-refractivity contribution < 1.29 is 18.5 Å². The van der Waals surface area contributed by atoms with Gasteiger partial charge in [-0.3, -0.25) is 9.00 Å². The van der Waals surface area contributed by atoms with Crippen LogP contribution in [-0.4, -0.2) is 35.0 Å². The van der Waals surface area contributed by atoms with Crippen LogP contribution in [0.5, 0.6) is 0 Å². The van der Waals surface area contributed by atoms with Crippen LogP contribution < -0.4 is 5.32 Å². The molecule has 5 nitrogen and oxygen atoms in total. The first-order valence-electron chi connectivity index (χ1n) is 9.56. The Morgan fingerprint density at radius 2 is 1.43 bits per heavy atom. The van der Waals surface area contributed by atoms with Crippen molar-refractivity contribution in [2.45, 2.75) is 17.4 Å². The van der Waals surface area contributed by atoms with Crippen molar-refractivity contribution in [2.75, 3.05) is 12.9 Å². The quantitative estimate of drug-likeness (QED) is 0.561. The summed E-state index contributed by atoms with van der Waals surface area (Å²) < 4.78 is 17.2. The van der Waals surface area contributed by atoms with Gasteiger partial charge in [-0.1, -0.05) is 60.7 Å². The Labute approximate surface area is 178 Å². The lowest BCUT2D eigenvalue weighted by Gasteiger charge is -2.16. The lowest BCUT2D eigenvalue weighted by atomic mass is 10.0. The predicted molar refractivity (Wildman–Crippen MR) is 117 cm³/mol. The van der Waals surface area contributed by atoms with Gasteiger partial charge in [-0.15, -0.1) is 0 Å². The Kier molecular flexibility index (Phi) is 7.51. The zero-order valence-corrected chi connectivity index (χ0v) is 17.4. The van der Waals surface area contributed by atoms with Gasteiger partial charge in [-0.05, 0) is 41.8 Å². The Bertz CT molecular complexity index is 1000. The van der Waals surface area contributed by atoms with Crippen LogP contribution >= 0.6 is 0 Å². The normalized spacial score (nSPS) is 12.6. The smallest absolute Gasteiger partial charge is 0.328 e. The third-order valence-corrected chi connectivity index (χ3v) is 6.05. The van der Waals surface area contributed by atoms with Gasteiger partial charge in [0.25, 0.3) is 5.91 Å². The summed E-state index contributed by atoms with van der Waals surface area (Å²) in [7, 11) is 0.00294. The van der Waals surface area contributed by atoms with Crippen LogP contribution in [0, 0.1) is 0 Å². The van der Waals surface area contributed by atoms with E-state index in [1.54, 1.807) is 24.3 Å². The number of carbonyl (C=O) groups excluding carboxylic acids is 2. The lowest BCUT2D eigenvalue weighted by molar-refractivity contribution is -0.142. The molecule has 154 valence electrons. The first kappa shape index (κ1) is 21.5. The van der Waals surface area contributed by atoms with Crippen molar-refractivity contribution in [3.05, 3.63) is 90.5 Å². The molecule has 0 aliphatic rings. The van der Waals surface area contributed by atoms with E-state index in [0.29, 0.717) is 10.5 Å². The molecule has 0 aliphatic carbocycles. The molecule has 0 radical (unpaired) electrons. The number of ether oxygens (including phenoxy) is 1. The Balaban J connectivity index is 1.65. The van der Waals surface area contributed by atoms with Gasteiger partial charge in [0.15, 0.2) is 0 Å². The van der Waals surface area contributed by atoms with E-state index in [0.717, 1.165) is 11.1 Å². The van der Waals surface area contributed by atoms with Gasteiger partial charge >= 0.3 is 5.97 Å². The van der Waals surface area contributed by atoms with E-state index < -0.39 is 22.8 Å². The van der Waals surface area contributed by atoms with Gasteiger partial charge in [0.1, 0.15) is 6.04 Å². The summed E-state index contributed by atoms with van der Waals surface area (Å²) in [6.07, 6.45) is 0.210. The first-order chi connectivity index (χ1) is 14.6. The van der Waals surface area contributed by atoms with Crippen LogP contribution in [0.15, 0.2) is 89.8 Å². The third kappa shape index (κ3) is 5.64. The molecule has 0 saturated carbocycles. The van der Waals surface area contributed by atoms with E-state index in [4.69, 9.17) is 4.74 Å². The Morgan fingerprint density at radius 1 is 0.867 bits per heavy atom. The molecule has 3 aromatic rings. The van der Waals surface area contributed by atoms with Gasteiger partial charge in [-0.25, -0.2) is 4.79 Å². The molecule has 0 heterocycles. The molecular weight excluding hydrogens is 398 g/mol. The molecule has 1 amide bonds. The highest BCUT2D eigenvalue weighted by Crippen LogP contribution is 2.19. The number of rotatable bonds is 8. The number of hydrogen-bond acceptors (Lipinski definition) is 4. The molecule has 1 N–H and O–H groups in total. The number of benzene rings is 3. The fourth-order valence-corrected chi connectivity index (χ4v) is 4.14. The van der Waals surface area contributed by atoms with Crippen LogP contribution in [0.3, 0.4) is 0 Å². The maximum absolute atomic E-state index is 12.6. The predicted octanol–water partition coefficient (Wildman–Crippen LogP) is 3.82. The number of hydrogen-bond donors (Lipinski definition) is 1. The van der Waals surface area contributed by atoms with E-state index >= 15 is 0 Å². The van der Waals surface area contributed by atoms with Gasteiger partial charge in [0.2, 0.25) is 0 Å². The van der Waals surface area contributed by atoms with E-state index in [-0.39, 0.29) is 18.1 Å². The largest absolute Gasteiger partial charge is 0.467 e. The summed E-state index contributed by atoms with van der Waals surface area (Å²) in [4.78, 5) is 25.5. The fraction of sp³-hybridized carbons (Fsp3) is 0.167. The van der Waals surface area contributed by atoms with Crippen molar-refractivity contribution in [1.82, 2.24) is 5.32 Å². The number of nitrogens with one attached hydrogen (secondary N) is 1. The second kappa shape index (κ2) is 10.5. The molecule has 30 heavy (non-hydrogen) atoms. The zero-order valence-electron chi connectivity index (χ0n) is 16.6. The molecule has 0 bridgehead atoms. The number of amides is 1. The van der Waals surface area contributed by atoms with Crippen molar-refractivity contribution in [1.29, 1.82) is 0 Å². The summed E-state index contributed by atoms with van der Waals surface area (Å²) in [5, 5.41) is 2.70. The Morgan fingerprint density at radius 3 is 2.03 bits per heavy atom. The molecule has 3 aromatic carbocycles. The summed E-state index contributed by atoms with van der Waals surface area (Å²) in [5.74, 6) is -0.707. The second-order valence-corrected chi connectivity index (χ2v) is 8.21. The first-order valence-corrected chi connectivity index (χ1v) is 10.9. The molecule has 0 aliphatic heterocycles. The SMILES string of the molecule is COC(=O)[C@@H](CC[S@@](=O)c1ccccc1)NC(=O)c1ccc(-c2ccccc2)cc1. The average molecular weight is 422 g/mol. The zero-order chi connectivity index (χ0) is 21.3. The highest BCUT2D eigenvalue weighted by molar-refractivity contribution is 7.85. The van der Waals surface area contributed by atoms with Crippen LogP contribution in [0.4, 0.5) is 0 Å². The van der Waals surface area contributed by atoms with Crippen LogP contribution in [0.25, 0.3) is 11.1 Å². The van der Waals surface area contributed by atoms with Crippen molar-refractivity contribution in [3.8, 4) is 11.1 Å². The van der Waals surface area contributed by atoms with Gasteiger partial charge in [0, 0.05) is 16.2 Å². The number of esters is 1. The third-order valence-electron chi connectivity index (χ3n) is 4.64. The molecule has 6 heteroatoms. The van der Waals surface area contributed by atoms with E-state index in [9.17, 15) is 13.8 Å². The van der Waals surface area contributed by atoms with Gasteiger partial charge < -0.3 is 10.1 Å². The minimum atomic E-state index is -1.27. The highest BCUT2D eigenvalue weighted by atomic mass is 32.2. The maximum atomic E-state index is 12.6. The van der Waals surface area contributed by atoms with Crippen molar-refractivity contribution in [3.63, 3.8) is 0 Å². The number of methoxy groups -OCH3 is 1. The second-order valence-electron chi connectivity index (χ2n) is 6.64. The van der Waals surface area contributed by atoms with Crippen LogP contribution in [-0.2, 0) is 20.3 Å². The molecule has 0 unspecified atom stereocenters. The van der Waals surface area contributed by atoms with E-state index in [1.165, 1.54) is 7.11 Å². The molecule has 0 saturated heterocycles. The summed E-state index contributed by atoms with van der Waals surface area (Å²) >= 11 is 0. The fourth-order valence-electron chi connectivity index (χ4n) is 2.99. The molecule has 3 rings (SSSR count). The van der Waals surface area contributed by atoms with Crippen molar-refractivity contribution >= 4 is 22.7 Å². The number of carbonyl (C=O) groups is 2. The lowest BCUT2D eigenvalue weighted by Crippen LogP contribution is -2.42. The monoisotopic (exact) mass is 421 g/mol. The Hall–Kier alpha value is -3.25. The van der Waals surface area contributed by atoms with Crippen LogP contribution in [0.2, 0.25) is 0 Å². The standard InChI is InChI=1S/C24H23NO4S/c1-29-24(27)22(16-17-30(28)21-10-6-3-7-11-21)25-23(26)20-14-12-19(13-15-20)18-8-4-2-5-9-18/h2-15,22H,16-17H2,1H3,(H,25,26)/t22-,30-/m1/s1. The summed E-state index contributed by atoms with van der Waals surface area (Å²) in [6, 6.07) is 25.2. The molecule has 0 spiro atoms. The highest BCUT2D eigenvalue weighted by Gasteiger charge is 2.23. The maximum Gasteiger partial charge on any atom is 0.328 e. The van der Waals surface area contributed by atoms with Crippen molar-refractivity contribution in [2.24, 2.45) is 0 Å². The van der Waals surface area contributed by atoms with Crippen LogP contribution in [0.1, 0.15) is 16.8 Å². The molecule has 0 fully saturated rings. The summed E-state index contributed by atoms with van der Waals surface area (Å²) in [6.45, 7) is 0. The topological polar surface area (TPSA) is 72.5 Å².